The van der Waals surface area contributed by atoms with Crippen molar-refractivity contribution in [1.82, 2.24) is 10.6 Å². The number of nitrogens with zero attached hydrogens (tertiary/aromatic N) is 1. The van der Waals surface area contributed by atoms with Gasteiger partial charge >= 0.3 is 0 Å². The molecule has 0 amide bonds. The highest BCUT2D eigenvalue weighted by atomic mass is 127. The third kappa shape index (κ3) is 13.7. The van der Waals surface area contributed by atoms with Crippen LogP contribution in [0.25, 0.3) is 0 Å². The highest BCUT2D eigenvalue weighted by Crippen LogP contribution is 2.14. The summed E-state index contributed by atoms with van der Waals surface area (Å²) in [5.74, 6) is 1.59. The van der Waals surface area contributed by atoms with E-state index in [4.69, 9.17) is 9.47 Å². The molecule has 1 heterocycles. The van der Waals surface area contributed by atoms with Crippen molar-refractivity contribution >= 4 is 29.9 Å². The zero-order valence-electron chi connectivity index (χ0n) is 16.5. The van der Waals surface area contributed by atoms with Gasteiger partial charge in [0.1, 0.15) is 0 Å². The Morgan fingerprint density at radius 1 is 1.20 bits per heavy atom. The van der Waals surface area contributed by atoms with E-state index in [1.54, 1.807) is 0 Å². The topological polar surface area (TPSA) is 54.9 Å². The molecule has 0 aromatic carbocycles. The molecule has 0 aromatic rings. The number of guanidine groups is 1. The SMILES string of the molecule is CCCCCCC(C)NC(=NC)NCCCOCC1CCOCC1.I. The van der Waals surface area contributed by atoms with Crippen molar-refractivity contribution in [2.75, 3.05) is 40.0 Å². The van der Waals surface area contributed by atoms with Crippen LogP contribution in [0.5, 0.6) is 0 Å². The van der Waals surface area contributed by atoms with Gasteiger partial charge in [-0.3, -0.25) is 4.99 Å². The van der Waals surface area contributed by atoms with Crippen LogP contribution in [0, 0.1) is 5.92 Å². The van der Waals surface area contributed by atoms with E-state index in [-0.39, 0.29) is 24.0 Å². The molecule has 1 fully saturated rings. The van der Waals surface area contributed by atoms with E-state index >= 15 is 0 Å². The first-order valence-corrected chi connectivity index (χ1v) is 9.89. The number of hydrogen-bond acceptors (Lipinski definition) is 3. The fourth-order valence-electron chi connectivity index (χ4n) is 2.92. The minimum atomic E-state index is 0. The van der Waals surface area contributed by atoms with Crippen LogP contribution in [0.3, 0.4) is 0 Å². The van der Waals surface area contributed by atoms with Crippen molar-refractivity contribution in [2.45, 2.75) is 71.3 Å². The maximum absolute atomic E-state index is 5.79. The maximum atomic E-state index is 5.79. The molecule has 1 aliphatic rings. The average Bonchev–Trinajstić information content (AvgIpc) is 2.61. The largest absolute Gasteiger partial charge is 0.381 e. The number of aliphatic imine (C=N–C) groups is 1. The number of ether oxygens (including phenoxy) is 2. The predicted octanol–water partition coefficient (Wildman–Crippen LogP) is 3.96. The van der Waals surface area contributed by atoms with Gasteiger partial charge < -0.3 is 20.1 Å². The van der Waals surface area contributed by atoms with Gasteiger partial charge in [0.05, 0.1) is 0 Å². The van der Waals surface area contributed by atoms with Crippen molar-refractivity contribution in [3.05, 3.63) is 0 Å². The Hall–Kier alpha value is -0.0800. The number of unbranched alkanes of at least 4 members (excludes halogenated alkanes) is 3. The molecule has 6 heteroatoms. The van der Waals surface area contributed by atoms with E-state index in [0.29, 0.717) is 12.0 Å². The first-order chi connectivity index (χ1) is 11.8. The molecule has 0 radical (unpaired) electrons. The second-order valence-corrected chi connectivity index (χ2v) is 6.88. The molecule has 1 atom stereocenters. The fraction of sp³-hybridized carbons (Fsp3) is 0.947. The number of nitrogens with one attached hydrogen (secondary N) is 2. The first-order valence-electron chi connectivity index (χ1n) is 9.89. The Morgan fingerprint density at radius 3 is 2.64 bits per heavy atom. The van der Waals surface area contributed by atoms with Crippen LogP contribution in [0.1, 0.15) is 65.2 Å². The first kappa shape index (κ1) is 24.9. The monoisotopic (exact) mass is 469 g/mol. The molecule has 0 spiro atoms. The Bertz CT molecular complexity index is 324. The van der Waals surface area contributed by atoms with Crippen LogP contribution in [-0.2, 0) is 9.47 Å². The van der Waals surface area contributed by atoms with Crippen LogP contribution in [0.15, 0.2) is 4.99 Å². The minimum absolute atomic E-state index is 0. The average molecular weight is 469 g/mol. The van der Waals surface area contributed by atoms with Gasteiger partial charge in [-0.2, -0.15) is 0 Å². The van der Waals surface area contributed by atoms with Crippen molar-refractivity contribution in [1.29, 1.82) is 0 Å². The zero-order chi connectivity index (χ0) is 17.5. The molecule has 2 N–H and O–H groups in total. The Labute approximate surface area is 172 Å². The Kier molecular flexibility index (Phi) is 17.3. The molecule has 25 heavy (non-hydrogen) atoms. The lowest BCUT2D eigenvalue weighted by Crippen LogP contribution is -2.42. The Morgan fingerprint density at radius 2 is 1.96 bits per heavy atom. The molecule has 5 nitrogen and oxygen atoms in total. The summed E-state index contributed by atoms with van der Waals surface area (Å²) in [6.45, 7) is 8.87. The summed E-state index contributed by atoms with van der Waals surface area (Å²) in [4.78, 5) is 4.30. The van der Waals surface area contributed by atoms with Gasteiger partial charge in [-0.1, -0.05) is 32.6 Å². The predicted molar refractivity (Wildman–Crippen MR) is 117 cm³/mol. The fourth-order valence-corrected chi connectivity index (χ4v) is 2.92. The van der Waals surface area contributed by atoms with Crippen LogP contribution in [0.2, 0.25) is 0 Å². The van der Waals surface area contributed by atoms with E-state index in [0.717, 1.165) is 58.2 Å². The van der Waals surface area contributed by atoms with Gasteiger partial charge in [0.2, 0.25) is 0 Å². The van der Waals surface area contributed by atoms with Gasteiger partial charge in [-0.25, -0.2) is 0 Å². The molecule has 0 aliphatic carbocycles. The molecule has 0 bridgehead atoms. The van der Waals surface area contributed by atoms with E-state index in [9.17, 15) is 0 Å². The summed E-state index contributed by atoms with van der Waals surface area (Å²) < 4.78 is 11.2. The standard InChI is InChI=1S/C19H39N3O2.HI/c1-4-5-6-7-9-17(2)22-19(20-3)21-12-8-13-24-16-18-10-14-23-15-11-18;/h17-18H,4-16H2,1-3H3,(H2,20,21,22);1H. The highest BCUT2D eigenvalue weighted by Gasteiger charge is 2.13. The summed E-state index contributed by atoms with van der Waals surface area (Å²) in [7, 11) is 1.83. The molecule has 1 unspecified atom stereocenters. The zero-order valence-corrected chi connectivity index (χ0v) is 18.8. The summed E-state index contributed by atoms with van der Waals surface area (Å²) in [5, 5.41) is 6.85. The number of rotatable bonds is 12. The Balaban J connectivity index is 0.00000576. The van der Waals surface area contributed by atoms with Crippen LogP contribution < -0.4 is 10.6 Å². The van der Waals surface area contributed by atoms with Crippen molar-refractivity contribution < 1.29 is 9.47 Å². The second-order valence-electron chi connectivity index (χ2n) is 6.88. The quantitative estimate of drug-likeness (QED) is 0.197. The van der Waals surface area contributed by atoms with E-state index in [1.807, 2.05) is 7.05 Å². The van der Waals surface area contributed by atoms with Crippen LogP contribution in [0.4, 0.5) is 0 Å². The summed E-state index contributed by atoms with van der Waals surface area (Å²) in [6.07, 6.45) is 9.76. The van der Waals surface area contributed by atoms with E-state index in [2.05, 4.69) is 29.5 Å². The summed E-state index contributed by atoms with van der Waals surface area (Å²) in [5.41, 5.74) is 0. The van der Waals surface area contributed by atoms with Gasteiger partial charge in [0.15, 0.2) is 5.96 Å². The van der Waals surface area contributed by atoms with Gasteiger partial charge in [-0.15, -0.1) is 24.0 Å². The summed E-state index contributed by atoms with van der Waals surface area (Å²) in [6, 6.07) is 0.470. The minimum Gasteiger partial charge on any atom is -0.381 e. The maximum Gasteiger partial charge on any atom is 0.191 e. The third-order valence-corrected chi connectivity index (χ3v) is 4.55. The molecule has 1 aliphatic heterocycles. The normalized spacial score (nSPS) is 17.0. The second kappa shape index (κ2) is 17.3. The van der Waals surface area contributed by atoms with Crippen molar-refractivity contribution in [3.8, 4) is 0 Å². The van der Waals surface area contributed by atoms with Gasteiger partial charge in [0.25, 0.3) is 0 Å². The van der Waals surface area contributed by atoms with Gasteiger partial charge in [0, 0.05) is 46.1 Å². The molecular weight excluding hydrogens is 429 g/mol. The smallest absolute Gasteiger partial charge is 0.191 e. The number of halogens is 1. The molecule has 1 saturated heterocycles. The highest BCUT2D eigenvalue weighted by molar-refractivity contribution is 14.0. The molecule has 150 valence electrons. The third-order valence-electron chi connectivity index (χ3n) is 4.55. The lowest BCUT2D eigenvalue weighted by Gasteiger charge is -2.21. The van der Waals surface area contributed by atoms with Crippen molar-refractivity contribution in [2.24, 2.45) is 10.9 Å². The van der Waals surface area contributed by atoms with Crippen molar-refractivity contribution in [3.63, 3.8) is 0 Å². The molecule has 0 saturated carbocycles. The lowest BCUT2D eigenvalue weighted by molar-refractivity contribution is 0.0203. The van der Waals surface area contributed by atoms with Gasteiger partial charge in [-0.05, 0) is 38.5 Å². The molecular formula is C19H40IN3O2. The van der Waals surface area contributed by atoms with Crippen LogP contribution in [-0.4, -0.2) is 52.0 Å². The van der Waals surface area contributed by atoms with E-state index < -0.39 is 0 Å². The van der Waals surface area contributed by atoms with Crippen LogP contribution >= 0.6 is 24.0 Å². The van der Waals surface area contributed by atoms with E-state index in [1.165, 1.54) is 32.1 Å². The molecule has 0 aromatic heterocycles. The summed E-state index contributed by atoms with van der Waals surface area (Å²) >= 11 is 0. The molecule has 1 rings (SSSR count). The number of hydrogen-bond donors (Lipinski definition) is 2. The lowest BCUT2D eigenvalue weighted by atomic mass is 10.0.